The van der Waals surface area contributed by atoms with Crippen LogP contribution in [0.15, 0.2) is 78.9 Å². The van der Waals surface area contributed by atoms with E-state index in [0.717, 1.165) is 5.56 Å². The molecule has 114 valence electrons. The molecular weight excluding hydrogens is 293 g/mol. The predicted molar refractivity (Wildman–Crippen MR) is 87.9 cm³/mol. The lowest BCUT2D eigenvalue weighted by molar-refractivity contribution is 0.215. The molecule has 0 radical (unpaired) electrons. The summed E-state index contributed by atoms with van der Waals surface area (Å²) in [5.41, 5.74) is 1.60. The van der Waals surface area contributed by atoms with Crippen molar-refractivity contribution in [1.29, 1.82) is 0 Å². The number of carbonyl (C=O) groups excluding carboxylic acids is 1. The number of carbonyl (C=O) groups is 1. The molecule has 0 spiro atoms. The van der Waals surface area contributed by atoms with E-state index in [1.54, 1.807) is 36.4 Å². The molecular formula is C19H14FNO2. The van der Waals surface area contributed by atoms with Crippen LogP contribution in [0.25, 0.3) is 11.1 Å². The number of nitrogens with one attached hydrogen (secondary N) is 1. The number of hydrogen-bond donors (Lipinski definition) is 1. The van der Waals surface area contributed by atoms with Crippen LogP contribution >= 0.6 is 0 Å². The predicted octanol–water partition coefficient (Wildman–Crippen LogP) is 5.10. The summed E-state index contributed by atoms with van der Waals surface area (Å²) < 4.78 is 19.3. The van der Waals surface area contributed by atoms with Gasteiger partial charge in [-0.1, -0.05) is 48.5 Å². The zero-order valence-corrected chi connectivity index (χ0v) is 12.2. The molecule has 0 fully saturated rings. The molecule has 0 atom stereocenters. The van der Waals surface area contributed by atoms with Crippen LogP contribution in [0, 0.1) is 5.82 Å². The van der Waals surface area contributed by atoms with Crippen molar-refractivity contribution in [2.75, 3.05) is 5.32 Å². The summed E-state index contributed by atoms with van der Waals surface area (Å²) in [6.07, 6.45) is -0.664. The fourth-order valence-electron chi connectivity index (χ4n) is 2.18. The molecule has 0 aliphatic rings. The van der Waals surface area contributed by atoms with Crippen LogP contribution < -0.4 is 10.1 Å². The highest BCUT2D eigenvalue weighted by Gasteiger charge is 2.09. The van der Waals surface area contributed by atoms with Gasteiger partial charge >= 0.3 is 6.09 Å². The summed E-state index contributed by atoms with van der Waals surface area (Å²) in [6.45, 7) is 0. The number of ether oxygens (including phenoxy) is 1. The largest absolute Gasteiger partial charge is 0.417 e. The maximum atomic E-state index is 14.2. The Hall–Kier alpha value is -3.14. The van der Waals surface area contributed by atoms with Crippen molar-refractivity contribution in [3.8, 4) is 16.9 Å². The van der Waals surface area contributed by atoms with Crippen molar-refractivity contribution < 1.29 is 13.9 Å². The Morgan fingerprint density at radius 3 is 2.17 bits per heavy atom. The number of halogens is 1. The Morgan fingerprint density at radius 2 is 1.52 bits per heavy atom. The van der Waals surface area contributed by atoms with Crippen LogP contribution in [-0.2, 0) is 0 Å². The molecule has 3 rings (SSSR count). The fourth-order valence-corrected chi connectivity index (χ4v) is 2.18. The molecule has 0 aromatic heterocycles. The van der Waals surface area contributed by atoms with E-state index in [-0.39, 0.29) is 0 Å². The minimum atomic E-state index is -0.664. The lowest BCUT2D eigenvalue weighted by atomic mass is 10.0. The maximum absolute atomic E-state index is 14.2. The second-order valence-corrected chi connectivity index (χ2v) is 4.89. The summed E-state index contributed by atoms with van der Waals surface area (Å²) in [7, 11) is 0. The Labute approximate surface area is 133 Å². The van der Waals surface area contributed by atoms with Gasteiger partial charge in [-0.25, -0.2) is 9.18 Å². The Bertz CT molecular complexity index is 804. The van der Waals surface area contributed by atoms with Gasteiger partial charge in [0.15, 0.2) is 0 Å². The SMILES string of the molecule is O=C(Nc1ccc(-c2ccccc2)c(F)c1)Oc1ccccc1. The molecule has 1 N–H and O–H groups in total. The lowest BCUT2D eigenvalue weighted by Gasteiger charge is -2.09. The molecule has 0 aliphatic carbocycles. The van der Waals surface area contributed by atoms with Gasteiger partial charge < -0.3 is 4.74 Å². The van der Waals surface area contributed by atoms with Crippen LogP contribution in [0.1, 0.15) is 0 Å². The van der Waals surface area contributed by atoms with Crippen LogP contribution in [0.3, 0.4) is 0 Å². The van der Waals surface area contributed by atoms with Crippen molar-refractivity contribution in [2.24, 2.45) is 0 Å². The zero-order chi connectivity index (χ0) is 16.1. The third-order valence-corrected chi connectivity index (χ3v) is 3.25. The maximum Gasteiger partial charge on any atom is 0.417 e. The van der Waals surface area contributed by atoms with Crippen molar-refractivity contribution >= 4 is 11.8 Å². The summed E-state index contributed by atoms with van der Waals surface area (Å²) in [6, 6.07) is 22.4. The molecule has 0 saturated carbocycles. The Morgan fingerprint density at radius 1 is 0.870 bits per heavy atom. The molecule has 0 saturated heterocycles. The van der Waals surface area contributed by atoms with Crippen LogP contribution in [0.2, 0.25) is 0 Å². The first-order chi connectivity index (χ1) is 11.2. The first-order valence-corrected chi connectivity index (χ1v) is 7.11. The van der Waals surface area contributed by atoms with E-state index in [0.29, 0.717) is 17.0 Å². The summed E-state index contributed by atoms with van der Waals surface area (Å²) in [4.78, 5) is 11.8. The van der Waals surface area contributed by atoms with E-state index in [2.05, 4.69) is 5.32 Å². The van der Waals surface area contributed by atoms with E-state index in [1.165, 1.54) is 6.07 Å². The standard InChI is InChI=1S/C19H14FNO2/c20-18-13-15(11-12-17(18)14-7-3-1-4-8-14)21-19(22)23-16-9-5-2-6-10-16/h1-13H,(H,21,22). The molecule has 0 heterocycles. The van der Waals surface area contributed by atoms with Crippen LogP contribution in [0.5, 0.6) is 5.75 Å². The topological polar surface area (TPSA) is 38.3 Å². The third-order valence-electron chi connectivity index (χ3n) is 3.25. The minimum absolute atomic E-state index is 0.336. The number of anilines is 1. The van der Waals surface area contributed by atoms with E-state index >= 15 is 0 Å². The van der Waals surface area contributed by atoms with Crippen LogP contribution in [0.4, 0.5) is 14.9 Å². The number of para-hydroxylation sites is 1. The second kappa shape index (κ2) is 6.75. The van der Waals surface area contributed by atoms with Gasteiger partial charge in [-0.05, 0) is 35.9 Å². The molecule has 3 aromatic rings. The molecule has 3 aromatic carbocycles. The number of benzene rings is 3. The number of amides is 1. The summed E-state index contributed by atoms with van der Waals surface area (Å²) in [5.74, 6) is 0.0140. The normalized spacial score (nSPS) is 10.1. The highest BCUT2D eigenvalue weighted by Crippen LogP contribution is 2.25. The van der Waals surface area contributed by atoms with Crippen molar-refractivity contribution in [1.82, 2.24) is 0 Å². The second-order valence-electron chi connectivity index (χ2n) is 4.89. The van der Waals surface area contributed by atoms with Crippen molar-refractivity contribution in [3.05, 3.63) is 84.7 Å². The molecule has 0 aliphatic heterocycles. The van der Waals surface area contributed by atoms with E-state index < -0.39 is 11.9 Å². The Kier molecular flexibility index (Phi) is 4.34. The van der Waals surface area contributed by atoms with Gasteiger partial charge in [-0.3, -0.25) is 5.32 Å². The third kappa shape index (κ3) is 3.74. The quantitative estimate of drug-likeness (QED) is 0.730. The van der Waals surface area contributed by atoms with Gasteiger partial charge in [0.25, 0.3) is 0 Å². The molecule has 0 unspecified atom stereocenters. The minimum Gasteiger partial charge on any atom is -0.410 e. The summed E-state index contributed by atoms with van der Waals surface area (Å²) >= 11 is 0. The van der Waals surface area contributed by atoms with E-state index in [1.807, 2.05) is 36.4 Å². The average molecular weight is 307 g/mol. The Balaban J connectivity index is 1.72. The zero-order valence-electron chi connectivity index (χ0n) is 12.2. The van der Waals surface area contributed by atoms with Gasteiger partial charge in [0.2, 0.25) is 0 Å². The molecule has 4 heteroatoms. The van der Waals surface area contributed by atoms with Gasteiger partial charge in [0.1, 0.15) is 11.6 Å². The number of hydrogen-bond acceptors (Lipinski definition) is 2. The first-order valence-electron chi connectivity index (χ1n) is 7.11. The number of rotatable bonds is 3. The smallest absolute Gasteiger partial charge is 0.410 e. The first kappa shape index (κ1) is 14.8. The van der Waals surface area contributed by atoms with Gasteiger partial charge in [-0.15, -0.1) is 0 Å². The highest BCUT2D eigenvalue weighted by atomic mass is 19.1. The fraction of sp³-hybridized carbons (Fsp3) is 0. The molecule has 1 amide bonds. The summed E-state index contributed by atoms with van der Waals surface area (Å²) in [5, 5.41) is 2.51. The van der Waals surface area contributed by atoms with Crippen molar-refractivity contribution in [3.63, 3.8) is 0 Å². The molecule has 0 bridgehead atoms. The average Bonchev–Trinajstić information content (AvgIpc) is 2.56. The van der Waals surface area contributed by atoms with Gasteiger partial charge in [0.05, 0.1) is 0 Å². The molecule has 23 heavy (non-hydrogen) atoms. The van der Waals surface area contributed by atoms with Gasteiger partial charge in [0, 0.05) is 11.3 Å². The van der Waals surface area contributed by atoms with Crippen LogP contribution in [-0.4, -0.2) is 6.09 Å². The molecule has 3 nitrogen and oxygen atoms in total. The van der Waals surface area contributed by atoms with Crippen molar-refractivity contribution in [2.45, 2.75) is 0 Å². The monoisotopic (exact) mass is 307 g/mol. The highest BCUT2D eigenvalue weighted by molar-refractivity contribution is 5.86. The van der Waals surface area contributed by atoms with Gasteiger partial charge in [-0.2, -0.15) is 0 Å². The van der Waals surface area contributed by atoms with E-state index in [4.69, 9.17) is 4.74 Å². The lowest BCUT2D eigenvalue weighted by Crippen LogP contribution is -2.16. The van der Waals surface area contributed by atoms with E-state index in [9.17, 15) is 9.18 Å².